The van der Waals surface area contributed by atoms with Gasteiger partial charge in [-0.1, -0.05) is 6.42 Å². The lowest BCUT2D eigenvalue weighted by atomic mass is 9.84. The van der Waals surface area contributed by atoms with E-state index in [0.29, 0.717) is 6.54 Å². The van der Waals surface area contributed by atoms with Crippen LogP contribution in [0.4, 0.5) is 0 Å². The molecule has 1 aliphatic carbocycles. The molecule has 2 aliphatic rings. The molecule has 1 saturated carbocycles. The van der Waals surface area contributed by atoms with E-state index < -0.39 is 0 Å². The van der Waals surface area contributed by atoms with Crippen LogP contribution in [-0.2, 0) is 9.53 Å². The Bertz CT molecular complexity index is 263. The Morgan fingerprint density at radius 3 is 2.56 bits per heavy atom. The molecule has 1 N–H and O–H groups in total. The molecule has 1 aliphatic heterocycles. The highest BCUT2D eigenvalue weighted by atomic mass is 16.5. The molecule has 2 rings (SSSR count). The second-order valence-electron chi connectivity index (χ2n) is 5.13. The minimum absolute atomic E-state index is 0.0571. The summed E-state index contributed by atoms with van der Waals surface area (Å²) in [6.07, 6.45) is 3.23. The van der Waals surface area contributed by atoms with Crippen molar-refractivity contribution in [2.24, 2.45) is 5.92 Å². The summed E-state index contributed by atoms with van der Waals surface area (Å²) in [7, 11) is 0. The van der Waals surface area contributed by atoms with Crippen LogP contribution in [0.25, 0.3) is 0 Å². The predicted octanol–water partition coefficient (Wildman–Crippen LogP) is -0.0604. The molecule has 2 fully saturated rings. The average molecular weight is 256 g/mol. The van der Waals surface area contributed by atoms with Crippen LogP contribution in [0.2, 0.25) is 0 Å². The van der Waals surface area contributed by atoms with Crippen LogP contribution < -0.4 is 0 Å². The zero-order valence-electron chi connectivity index (χ0n) is 11.0. The smallest absolute Gasteiger partial charge is 0.225 e. The minimum Gasteiger partial charge on any atom is -0.395 e. The molecular formula is C13H24N2O3. The van der Waals surface area contributed by atoms with Crippen LogP contribution in [0.1, 0.15) is 19.3 Å². The Balaban J connectivity index is 1.75. The number of hydrogen-bond donors (Lipinski definition) is 1. The highest BCUT2D eigenvalue weighted by Gasteiger charge is 2.29. The van der Waals surface area contributed by atoms with Gasteiger partial charge >= 0.3 is 0 Å². The molecule has 104 valence electrons. The van der Waals surface area contributed by atoms with Crippen molar-refractivity contribution in [1.29, 1.82) is 0 Å². The molecule has 0 aromatic heterocycles. The lowest BCUT2D eigenvalue weighted by Gasteiger charge is -2.33. The Morgan fingerprint density at radius 1 is 1.28 bits per heavy atom. The fourth-order valence-electron chi connectivity index (χ4n) is 2.45. The SMILES string of the molecule is O=C(C1CCC1)N(CCO)CCN1CCOCC1. The molecule has 1 amide bonds. The first-order valence-corrected chi connectivity index (χ1v) is 7.01. The third kappa shape index (κ3) is 3.67. The summed E-state index contributed by atoms with van der Waals surface area (Å²) in [4.78, 5) is 16.3. The molecule has 18 heavy (non-hydrogen) atoms. The zero-order chi connectivity index (χ0) is 12.8. The van der Waals surface area contributed by atoms with E-state index in [2.05, 4.69) is 4.90 Å². The van der Waals surface area contributed by atoms with Gasteiger partial charge in [-0.25, -0.2) is 0 Å². The predicted molar refractivity (Wildman–Crippen MR) is 68.3 cm³/mol. The van der Waals surface area contributed by atoms with E-state index in [4.69, 9.17) is 9.84 Å². The number of morpholine rings is 1. The van der Waals surface area contributed by atoms with E-state index in [9.17, 15) is 4.79 Å². The Labute approximate surface area is 109 Å². The van der Waals surface area contributed by atoms with E-state index in [-0.39, 0.29) is 18.4 Å². The molecule has 0 radical (unpaired) electrons. The molecule has 0 spiro atoms. The van der Waals surface area contributed by atoms with E-state index >= 15 is 0 Å². The topological polar surface area (TPSA) is 53.0 Å². The third-order valence-electron chi connectivity index (χ3n) is 3.93. The molecule has 5 heteroatoms. The monoisotopic (exact) mass is 256 g/mol. The van der Waals surface area contributed by atoms with Crippen LogP contribution in [0.5, 0.6) is 0 Å². The van der Waals surface area contributed by atoms with Gasteiger partial charge in [0.2, 0.25) is 5.91 Å². The van der Waals surface area contributed by atoms with Gasteiger partial charge in [0.25, 0.3) is 0 Å². The van der Waals surface area contributed by atoms with Crippen LogP contribution in [0.3, 0.4) is 0 Å². The highest BCUT2D eigenvalue weighted by molar-refractivity contribution is 5.79. The van der Waals surface area contributed by atoms with Crippen molar-refractivity contribution in [3.8, 4) is 0 Å². The molecule has 0 aromatic rings. The summed E-state index contributed by atoms with van der Waals surface area (Å²) in [5, 5.41) is 9.07. The Kier molecular flexibility index (Phi) is 5.41. The van der Waals surface area contributed by atoms with Crippen molar-refractivity contribution < 1.29 is 14.6 Å². The first-order valence-electron chi connectivity index (χ1n) is 7.01. The lowest BCUT2D eigenvalue weighted by Crippen LogP contribution is -2.46. The fraction of sp³-hybridized carbons (Fsp3) is 0.923. The van der Waals surface area contributed by atoms with Crippen molar-refractivity contribution in [3.05, 3.63) is 0 Å². The number of carbonyl (C=O) groups is 1. The number of hydrogen-bond acceptors (Lipinski definition) is 4. The van der Waals surface area contributed by atoms with Crippen LogP contribution in [0.15, 0.2) is 0 Å². The molecule has 0 bridgehead atoms. The van der Waals surface area contributed by atoms with Gasteiger partial charge in [0.05, 0.1) is 19.8 Å². The van der Waals surface area contributed by atoms with Gasteiger partial charge in [-0.2, -0.15) is 0 Å². The zero-order valence-corrected chi connectivity index (χ0v) is 11.0. The van der Waals surface area contributed by atoms with Crippen LogP contribution in [-0.4, -0.2) is 73.4 Å². The highest BCUT2D eigenvalue weighted by Crippen LogP contribution is 2.28. The number of nitrogens with zero attached hydrogens (tertiary/aromatic N) is 2. The largest absolute Gasteiger partial charge is 0.395 e. The molecule has 1 heterocycles. The number of aliphatic hydroxyl groups is 1. The summed E-state index contributed by atoms with van der Waals surface area (Å²) in [6.45, 7) is 5.63. The van der Waals surface area contributed by atoms with Crippen molar-refractivity contribution in [3.63, 3.8) is 0 Å². The van der Waals surface area contributed by atoms with Crippen molar-refractivity contribution >= 4 is 5.91 Å². The van der Waals surface area contributed by atoms with Gasteiger partial charge in [0.1, 0.15) is 0 Å². The summed E-state index contributed by atoms with van der Waals surface area (Å²) < 4.78 is 5.30. The first-order chi connectivity index (χ1) is 8.81. The summed E-state index contributed by atoms with van der Waals surface area (Å²) in [6, 6.07) is 0. The van der Waals surface area contributed by atoms with Crippen LogP contribution >= 0.6 is 0 Å². The molecule has 0 atom stereocenters. The molecule has 0 aromatic carbocycles. The Morgan fingerprint density at radius 2 is 2.00 bits per heavy atom. The summed E-state index contributed by atoms with van der Waals surface area (Å²) in [5.41, 5.74) is 0. The van der Waals surface area contributed by atoms with Crippen molar-refractivity contribution in [1.82, 2.24) is 9.80 Å². The van der Waals surface area contributed by atoms with E-state index in [1.54, 1.807) is 0 Å². The van der Waals surface area contributed by atoms with Crippen molar-refractivity contribution in [2.75, 3.05) is 52.5 Å². The number of carbonyl (C=O) groups excluding carboxylic acids is 1. The van der Waals surface area contributed by atoms with Crippen molar-refractivity contribution in [2.45, 2.75) is 19.3 Å². The maximum atomic E-state index is 12.2. The van der Waals surface area contributed by atoms with Gasteiger partial charge in [-0.05, 0) is 12.8 Å². The number of amides is 1. The minimum atomic E-state index is 0.0571. The molecular weight excluding hydrogens is 232 g/mol. The standard InChI is InChI=1S/C13H24N2O3/c16-9-6-15(13(17)12-2-1-3-12)5-4-14-7-10-18-11-8-14/h12,16H,1-11H2. The van der Waals surface area contributed by atoms with E-state index in [0.717, 1.165) is 52.2 Å². The molecule has 1 saturated heterocycles. The number of rotatable bonds is 6. The maximum absolute atomic E-state index is 12.2. The quantitative estimate of drug-likeness (QED) is 0.723. The second-order valence-corrected chi connectivity index (χ2v) is 5.13. The normalized spacial score (nSPS) is 21.6. The van der Waals surface area contributed by atoms with Gasteiger partial charge < -0.3 is 14.7 Å². The summed E-state index contributed by atoms with van der Waals surface area (Å²) in [5.74, 6) is 0.463. The first kappa shape index (κ1) is 13.8. The van der Waals surface area contributed by atoms with Crippen LogP contribution in [0, 0.1) is 5.92 Å². The van der Waals surface area contributed by atoms with Gasteiger partial charge in [-0.15, -0.1) is 0 Å². The van der Waals surface area contributed by atoms with E-state index in [1.807, 2.05) is 4.90 Å². The number of aliphatic hydroxyl groups excluding tert-OH is 1. The van der Waals surface area contributed by atoms with E-state index in [1.165, 1.54) is 6.42 Å². The van der Waals surface area contributed by atoms with Gasteiger partial charge in [-0.3, -0.25) is 9.69 Å². The molecule has 5 nitrogen and oxygen atoms in total. The van der Waals surface area contributed by atoms with Gasteiger partial charge in [0.15, 0.2) is 0 Å². The number of ether oxygens (including phenoxy) is 1. The Hall–Kier alpha value is -0.650. The molecule has 0 unspecified atom stereocenters. The van der Waals surface area contributed by atoms with Gasteiger partial charge in [0, 0.05) is 38.6 Å². The average Bonchev–Trinajstić information content (AvgIpc) is 2.33. The third-order valence-corrected chi connectivity index (χ3v) is 3.93. The maximum Gasteiger partial charge on any atom is 0.225 e. The lowest BCUT2D eigenvalue weighted by molar-refractivity contribution is -0.139. The second kappa shape index (κ2) is 7.07. The fourth-order valence-corrected chi connectivity index (χ4v) is 2.45. The summed E-state index contributed by atoms with van der Waals surface area (Å²) >= 11 is 0.